The molecule has 3 heterocycles. The number of methoxy groups -OCH3 is 1. The Morgan fingerprint density at radius 3 is 2.56 bits per heavy atom. The molecule has 36 heavy (non-hydrogen) atoms. The molecule has 3 aromatic heterocycles. The van der Waals surface area contributed by atoms with E-state index in [1.165, 1.54) is 34.9 Å². The zero-order valence-corrected chi connectivity index (χ0v) is 21.8. The number of carboxylic acid groups (broad SMARTS) is 1. The largest absolute Gasteiger partial charge is 0.497 e. The van der Waals surface area contributed by atoms with Crippen molar-refractivity contribution in [2.24, 2.45) is 5.92 Å². The minimum atomic E-state index is -0.874. The lowest BCUT2D eigenvalue weighted by molar-refractivity contribution is -0.141. The van der Waals surface area contributed by atoms with Crippen LogP contribution >= 0.6 is 34.9 Å². The third kappa shape index (κ3) is 6.84. The van der Waals surface area contributed by atoms with E-state index in [2.05, 4.69) is 20.3 Å². The number of thiazole rings is 1. The second kappa shape index (κ2) is 12.0. The van der Waals surface area contributed by atoms with Gasteiger partial charge in [-0.05, 0) is 55.0 Å². The van der Waals surface area contributed by atoms with Crippen LogP contribution in [0.15, 0.2) is 86.8 Å². The van der Waals surface area contributed by atoms with Crippen molar-refractivity contribution in [1.29, 1.82) is 0 Å². The van der Waals surface area contributed by atoms with Crippen molar-refractivity contribution in [3.63, 3.8) is 0 Å². The average molecular weight is 539 g/mol. The Morgan fingerprint density at radius 2 is 1.86 bits per heavy atom. The summed E-state index contributed by atoms with van der Waals surface area (Å²) in [5.41, 5.74) is 0.257. The Morgan fingerprint density at radius 1 is 1.06 bits per heavy atom. The molecule has 1 amide bonds. The number of hydrogen-bond donors (Lipinski definition) is 2. The summed E-state index contributed by atoms with van der Waals surface area (Å²) in [5.74, 6) is -1.07. The van der Waals surface area contributed by atoms with E-state index in [9.17, 15) is 9.59 Å². The van der Waals surface area contributed by atoms with Crippen LogP contribution in [0.5, 0.6) is 5.75 Å². The van der Waals surface area contributed by atoms with E-state index < -0.39 is 17.8 Å². The number of aromatic nitrogens is 3. The first-order valence-corrected chi connectivity index (χ1v) is 13.3. The summed E-state index contributed by atoms with van der Waals surface area (Å²) in [6, 6.07) is 16.9. The number of ether oxygens (including phenoxy) is 1. The summed E-state index contributed by atoms with van der Waals surface area (Å²) in [7, 11) is 1.61. The van der Waals surface area contributed by atoms with Crippen LogP contribution in [0.4, 0.5) is 5.13 Å². The van der Waals surface area contributed by atoms with E-state index in [1.807, 2.05) is 54.6 Å². The molecule has 0 aliphatic heterocycles. The first-order chi connectivity index (χ1) is 17.4. The number of hydrogen-bond acceptors (Lipinski definition) is 9. The number of anilines is 1. The van der Waals surface area contributed by atoms with Gasteiger partial charge in [0.1, 0.15) is 21.5 Å². The smallest absolute Gasteiger partial charge is 0.306 e. The third-order valence-electron chi connectivity index (χ3n) is 4.88. The van der Waals surface area contributed by atoms with Gasteiger partial charge in [-0.15, -0.1) is 11.3 Å². The van der Waals surface area contributed by atoms with Crippen molar-refractivity contribution in [1.82, 2.24) is 15.0 Å². The minimum Gasteiger partial charge on any atom is -0.497 e. The lowest BCUT2D eigenvalue weighted by atomic mass is 10.1. The van der Waals surface area contributed by atoms with E-state index in [0.29, 0.717) is 21.5 Å². The normalized spacial score (nSPS) is 11.6. The predicted molar refractivity (Wildman–Crippen MR) is 140 cm³/mol. The second-order valence-corrected chi connectivity index (χ2v) is 10.8. The Balaban J connectivity index is 1.58. The number of carbonyl (C=O) groups excluding carboxylic acids is 1. The molecular weight excluding hydrogens is 517 g/mol. The lowest BCUT2D eigenvalue weighted by Crippen LogP contribution is -2.15. The number of nitrogens with one attached hydrogen (secondary N) is 1. The molecule has 1 aromatic carbocycles. The fourth-order valence-corrected chi connectivity index (χ4v) is 5.60. The molecule has 1 unspecified atom stereocenters. The fraction of sp³-hybridized carbons (Fsp3) is 0.160. The first-order valence-electron chi connectivity index (χ1n) is 10.8. The summed E-state index contributed by atoms with van der Waals surface area (Å²) in [6.45, 7) is 1.64. The topological polar surface area (TPSA) is 114 Å². The molecule has 1 atom stereocenters. The molecular formula is C25H22N4O4S3. The Hall–Kier alpha value is -3.41. The highest BCUT2D eigenvalue weighted by atomic mass is 32.2. The maximum Gasteiger partial charge on any atom is 0.306 e. The molecule has 11 heteroatoms. The van der Waals surface area contributed by atoms with Gasteiger partial charge >= 0.3 is 5.97 Å². The van der Waals surface area contributed by atoms with Gasteiger partial charge in [-0.3, -0.25) is 14.9 Å². The standard InChI is InChI=1S/C25H22N4O4S3/c1-15(24(31)32)13-18-14-27-25(35-18)29-23(30)22-19(34-17-8-6-16(33-2)7-9-17)10-11-21(28-22)36-20-5-3-4-12-26-20/h3-12,14-15H,13H2,1-2H3,(H,31,32)(H,27,29,30). The number of aliphatic carboxylic acids is 1. The van der Waals surface area contributed by atoms with Crippen LogP contribution in [0.2, 0.25) is 0 Å². The molecule has 0 aliphatic rings. The Kier molecular flexibility index (Phi) is 8.57. The number of carbonyl (C=O) groups is 2. The number of pyridine rings is 2. The molecule has 4 aromatic rings. The van der Waals surface area contributed by atoms with Crippen molar-refractivity contribution in [3.8, 4) is 5.75 Å². The summed E-state index contributed by atoms with van der Waals surface area (Å²) in [4.78, 5) is 40.0. The highest BCUT2D eigenvalue weighted by Gasteiger charge is 2.19. The maximum atomic E-state index is 13.3. The summed E-state index contributed by atoms with van der Waals surface area (Å²) < 4.78 is 5.23. The number of carboxylic acids is 1. The molecule has 0 aliphatic carbocycles. The first kappa shape index (κ1) is 25.7. The maximum absolute atomic E-state index is 13.3. The van der Waals surface area contributed by atoms with Crippen LogP contribution in [-0.2, 0) is 11.2 Å². The van der Waals surface area contributed by atoms with Gasteiger partial charge in [-0.25, -0.2) is 15.0 Å². The molecule has 2 N–H and O–H groups in total. The number of amides is 1. The minimum absolute atomic E-state index is 0.257. The van der Waals surface area contributed by atoms with Crippen LogP contribution < -0.4 is 10.1 Å². The van der Waals surface area contributed by atoms with Gasteiger partial charge in [-0.1, -0.05) is 36.5 Å². The van der Waals surface area contributed by atoms with Crippen molar-refractivity contribution < 1.29 is 19.4 Å². The molecule has 8 nitrogen and oxygen atoms in total. The molecule has 0 bridgehead atoms. The van der Waals surface area contributed by atoms with Crippen LogP contribution in [0.3, 0.4) is 0 Å². The number of benzene rings is 1. The SMILES string of the molecule is COc1ccc(Sc2ccc(Sc3ccccn3)nc2C(=O)Nc2ncc(CC(C)C(=O)O)s2)cc1. The van der Waals surface area contributed by atoms with Crippen molar-refractivity contribution in [2.45, 2.75) is 33.2 Å². The predicted octanol–water partition coefficient (Wildman–Crippen LogP) is 5.76. The fourth-order valence-electron chi connectivity index (χ4n) is 3.02. The Bertz CT molecular complexity index is 1350. The molecule has 0 spiro atoms. The van der Waals surface area contributed by atoms with Gasteiger partial charge in [0.05, 0.1) is 13.0 Å². The average Bonchev–Trinajstić information content (AvgIpc) is 3.32. The summed E-state index contributed by atoms with van der Waals surface area (Å²) in [5, 5.41) is 13.8. The molecule has 0 radical (unpaired) electrons. The highest BCUT2D eigenvalue weighted by Crippen LogP contribution is 2.34. The van der Waals surface area contributed by atoms with Gasteiger partial charge in [0.25, 0.3) is 5.91 Å². The Labute approximate surface area is 220 Å². The van der Waals surface area contributed by atoms with E-state index in [1.54, 1.807) is 26.4 Å². The summed E-state index contributed by atoms with van der Waals surface area (Å²) in [6.07, 6.45) is 3.64. The van der Waals surface area contributed by atoms with Crippen LogP contribution in [-0.4, -0.2) is 39.0 Å². The van der Waals surface area contributed by atoms with Crippen LogP contribution in [0.1, 0.15) is 22.3 Å². The van der Waals surface area contributed by atoms with Crippen LogP contribution in [0, 0.1) is 5.92 Å². The summed E-state index contributed by atoms with van der Waals surface area (Å²) >= 11 is 4.03. The van der Waals surface area contributed by atoms with E-state index in [-0.39, 0.29) is 5.69 Å². The monoisotopic (exact) mass is 538 g/mol. The quantitative estimate of drug-likeness (QED) is 0.260. The van der Waals surface area contributed by atoms with Gasteiger partial charge in [0.15, 0.2) is 5.13 Å². The van der Waals surface area contributed by atoms with Gasteiger partial charge < -0.3 is 9.84 Å². The number of nitrogens with zero attached hydrogens (tertiary/aromatic N) is 3. The van der Waals surface area contributed by atoms with E-state index in [0.717, 1.165) is 20.5 Å². The van der Waals surface area contributed by atoms with Gasteiger partial charge in [0, 0.05) is 27.1 Å². The molecule has 184 valence electrons. The molecule has 0 saturated heterocycles. The van der Waals surface area contributed by atoms with Crippen molar-refractivity contribution in [2.75, 3.05) is 12.4 Å². The third-order valence-corrected chi connectivity index (χ3v) is 7.76. The van der Waals surface area contributed by atoms with Gasteiger partial charge in [-0.2, -0.15) is 0 Å². The van der Waals surface area contributed by atoms with E-state index >= 15 is 0 Å². The van der Waals surface area contributed by atoms with Gasteiger partial charge in [0.2, 0.25) is 0 Å². The molecule has 4 rings (SSSR count). The number of rotatable bonds is 10. The second-order valence-electron chi connectivity index (χ2n) is 7.57. The van der Waals surface area contributed by atoms with Crippen molar-refractivity contribution >= 4 is 51.9 Å². The van der Waals surface area contributed by atoms with Crippen molar-refractivity contribution in [3.05, 3.63) is 77.6 Å². The zero-order valence-electron chi connectivity index (χ0n) is 19.4. The highest BCUT2D eigenvalue weighted by molar-refractivity contribution is 7.99. The zero-order chi connectivity index (χ0) is 25.5. The van der Waals surface area contributed by atoms with E-state index in [4.69, 9.17) is 9.84 Å². The van der Waals surface area contributed by atoms with Crippen LogP contribution in [0.25, 0.3) is 0 Å². The molecule has 0 saturated carbocycles. The lowest BCUT2D eigenvalue weighted by Gasteiger charge is -2.10. The molecule has 0 fully saturated rings.